The molecule has 1 radical (unpaired) electrons. The molecule has 0 saturated heterocycles. The predicted molar refractivity (Wildman–Crippen MR) is 53.7 cm³/mol. The summed E-state index contributed by atoms with van der Waals surface area (Å²) in [4.78, 5) is 13.5. The van der Waals surface area contributed by atoms with Crippen molar-refractivity contribution in [3.63, 3.8) is 0 Å². The number of H-pyrrole nitrogens is 1. The second-order valence-corrected chi connectivity index (χ2v) is 3.35. The summed E-state index contributed by atoms with van der Waals surface area (Å²) in [6.45, 7) is 0. The van der Waals surface area contributed by atoms with Gasteiger partial charge in [0.2, 0.25) is 0 Å². The molecule has 0 fully saturated rings. The molecule has 3 heteroatoms. The Morgan fingerprint density at radius 3 is 3.21 bits per heavy atom. The second-order valence-electron chi connectivity index (χ2n) is 3.35. The lowest BCUT2D eigenvalue weighted by molar-refractivity contribution is 0.567. The van der Waals surface area contributed by atoms with Gasteiger partial charge in [-0.1, -0.05) is 0 Å². The normalized spacial score (nSPS) is 13.9. The average Bonchev–Trinajstić information content (AvgIpc) is 2.82. The van der Waals surface area contributed by atoms with E-state index in [1.54, 1.807) is 0 Å². The maximum atomic E-state index is 10.5. The number of aromatic amines is 1. The van der Waals surface area contributed by atoms with Crippen molar-refractivity contribution in [2.75, 3.05) is 5.32 Å². The van der Waals surface area contributed by atoms with E-state index >= 15 is 0 Å². The Morgan fingerprint density at radius 2 is 2.36 bits per heavy atom. The van der Waals surface area contributed by atoms with E-state index < -0.39 is 0 Å². The van der Waals surface area contributed by atoms with Gasteiger partial charge in [-0.25, -0.2) is 4.79 Å². The fourth-order valence-corrected chi connectivity index (χ4v) is 1.88. The first-order valence-electron chi connectivity index (χ1n) is 4.40. The third-order valence-electron chi connectivity index (χ3n) is 2.54. The molecule has 1 aliphatic rings. The van der Waals surface area contributed by atoms with E-state index in [4.69, 9.17) is 0 Å². The lowest BCUT2D eigenvalue weighted by Gasteiger charge is -1.98. The van der Waals surface area contributed by atoms with Crippen LogP contribution in [0.4, 0.5) is 5.69 Å². The number of benzene rings is 1. The Kier molecular flexibility index (Phi) is 1.32. The molecule has 1 aliphatic heterocycles. The van der Waals surface area contributed by atoms with Gasteiger partial charge in [-0.15, -0.1) is 0 Å². The molecular weight excluding hydrogens is 176 g/mol. The highest BCUT2D eigenvalue weighted by Gasteiger charge is 2.18. The molecule has 0 spiro atoms. The van der Waals surface area contributed by atoms with Gasteiger partial charge in [0.05, 0.1) is 6.20 Å². The van der Waals surface area contributed by atoms with Crippen LogP contribution in [0.25, 0.3) is 10.9 Å². The van der Waals surface area contributed by atoms with Gasteiger partial charge >= 0.3 is 0 Å². The zero-order valence-corrected chi connectivity index (χ0v) is 7.35. The molecule has 1 aromatic carbocycles. The van der Waals surface area contributed by atoms with Crippen LogP contribution in [0.3, 0.4) is 0 Å². The molecule has 0 saturated carbocycles. The number of fused-ring (bicyclic) bond motifs is 3. The summed E-state index contributed by atoms with van der Waals surface area (Å²) >= 11 is 0. The number of anilines is 1. The van der Waals surface area contributed by atoms with Crippen molar-refractivity contribution in [3.05, 3.63) is 35.7 Å². The Balaban J connectivity index is 2.34. The maximum absolute atomic E-state index is 10.5. The minimum Gasteiger partial charge on any atom is -0.353 e. The minimum absolute atomic E-state index is 0.605. The molecule has 0 bridgehead atoms. The molecule has 3 nitrogen and oxygen atoms in total. The number of nitrogens with one attached hydrogen (secondary N) is 2. The average molecular weight is 183 g/mol. The van der Waals surface area contributed by atoms with E-state index in [2.05, 4.69) is 16.5 Å². The van der Waals surface area contributed by atoms with Gasteiger partial charge in [0.15, 0.2) is 0 Å². The van der Waals surface area contributed by atoms with Crippen LogP contribution in [0.15, 0.2) is 23.9 Å². The van der Waals surface area contributed by atoms with Crippen molar-refractivity contribution in [3.8, 4) is 0 Å². The Hall–Kier alpha value is -1.99. The van der Waals surface area contributed by atoms with Crippen LogP contribution < -0.4 is 5.32 Å². The van der Waals surface area contributed by atoms with Gasteiger partial charge < -0.3 is 10.3 Å². The largest absolute Gasteiger partial charge is 0.353 e. The summed E-state index contributed by atoms with van der Waals surface area (Å²) in [5.41, 5.74) is 3.81. The lowest BCUT2D eigenvalue weighted by Crippen LogP contribution is -1.90. The molecule has 2 N–H and O–H groups in total. The standard InChI is InChI=1S/C11H7N2O/c14-6-7-5-9-8-3-4-12-10(8)1-2-11(9)13-7/h1-3,12-13H,5H2. The first kappa shape index (κ1) is 7.42. The van der Waals surface area contributed by atoms with E-state index in [1.807, 2.05) is 24.1 Å². The molecule has 67 valence electrons. The van der Waals surface area contributed by atoms with Gasteiger partial charge in [-0.05, 0) is 23.8 Å². The van der Waals surface area contributed by atoms with Crippen LogP contribution in [-0.2, 0) is 11.2 Å². The van der Waals surface area contributed by atoms with Gasteiger partial charge in [-0.3, -0.25) is 0 Å². The second kappa shape index (κ2) is 2.50. The highest BCUT2D eigenvalue weighted by Crippen LogP contribution is 2.32. The van der Waals surface area contributed by atoms with E-state index in [-0.39, 0.29) is 0 Å². The van der Waals surface area contributed by atoms with Crippen LogP contribution in [-0.4, -0.2) is 10.9 Å². The molecule has 3 rings (SSSR count). The first-order valence-corrected chi connectivity index (χ1v) is 4.40. The van der Waals surface area contributed by atoms with Crippen LogP contribution in [0.2, 0.25) is 0 Å². The third kappa shape index (κ3) is 0.845. The van der Waals surface area contributed by atoms with Gasteiger partial charge in [0.25, 0.3) is 0 Å². The Morgan fingerprint density at radius 1 is 1.43 bits per heavy atom. The van der Waals surface area contributed by atoms with Crippen molar-refractivity contribution in [2.45, 2.75) is 6.42 Å². The molecule has 0 amide bonds. The number of allylic oxidation sites excluding steroid dienone is 1. The Labute approximate surface area is 80.4 Å². The van der Waals surface area contributed by atoms with Crippen LogP contribution in [0.5, 0.6) is 0 Å². The summed E-state index contributed by atoms with van der Waals surface area (Å²) < 4.78 is 0. The summed E-state index contributed by atoms with van der Waals surface area (Å²) in [6.07, 6.45) is 3.58. The summed E-state index contributed by atoms with van der Waals surface area (Å²) in [5.74, 6) is 1.90. The number of aromatic nitrogens is 1. The zero-order valence-electron chi connectivity index (χ0n) is 7.35. The van der Waals surface area contributed by atoms with E-state index in [1.165, 1.54) is 0 Å². The van der Waals surface area contributed by atoms with E-state index in [0.717, 1.165) is 22.2 Å². The molecule has 0 aliphatic carbocycles. The van der Waals surface area contributed by atoms with Crippen molar-refractivity contribution in [2.24, 2.45) is 0 Å². The molecule has 2 aromatic rings. The van der Waals surface area contributed by atoms with E-state index in [9.17, 15) is 4.79 Å². The third-order valence-corrected chi connectivity index (χ3v) is 2.54. The van der Waals surface area contributed by atoms with E-state index in [0.29, 0.717) is 12.1 Å². The Bertz CT molecular complexity index is 562. The topological polar surface area (TPSA) is 44.9 Å². The summed E-state index contributed by atoms with van der Waals surface area (Å²) in [6, 6.07) is 5.85. The van der Waals surface area contributed by atoms with Crippen LogP contribution in [0, 0.1) is 6.20 Å². The predicted octanol–water partition coefficient (Wildman–Crippen LogP) is 1.65. The molecule has 0 atom stereocenters. The fourth-order valence-electron chi connectivity index (χ4n) is 1.88. The number of carbonyl (C=O) groups excluding carboxylic acids is 1. The van der Waals surface area contributed by atoms with Crippen LogP contribution in [0.1, 0.15) is 5.56 Å². The fraction of sp³-hybridized carbons (Fsp3) is 0.0909. The molecule has 2 heterocycles. The van der Waals surface area contributed by atoms with Crippen molar-refractivity contribution < 1.29 is 4.79 Å². The number of rotatable bonds is 0. The number of hydrogen-bond acceptors (Lipinski definition) is 2. The van der Waals surface area contributed by atoms with Crippen molar-refractivity contribution in [1.82, 2.24) is 4.98 Å². The smallest absolute Gasteiger partial charge is 0.146 e. The summed E-state index contributed by atoms with van der Waals surface area (Å²) in [5, 5.41) is 4.16. The highest BCUT2D eigenvalue weighted by atomic mass is 16.1. The maximum Gasteiger partial charge on any atom is 0.146 e. The highest BCUT2D eigenvalue weighted by molar-refractivity contribution is 5.91. The minimum atomic E-state index is 0.605. The summed E-state index contributed by atoms with van der Waals surface area (Å²) in [7, 11) is 0. The molecule has 1 aromatic heterocycles. The quantitative estimate of drug-likeness (QED) is 0.610. The molecular formula is C11H7N2O. The first-order chi connectivity index (χ1) is 6.88. The molecule has 14 heavy (non-hydrogen) atoms. The van der Waals surface area contributed by atoms with Gasteiger partial charge in [0, 0.05) is 23.0 Å². The SMILES string of the molecule is O=C=C1Cc2c(ccc3[nH][c]cc23)N1. The monoisotopic (exact) mass is 183 g/mol. The van der Waals surface area contributed by atoms with Crippen molar-refractivity contribution >= 4 is 22.5 Å². The van der Waals surface area contributed by atoms with Crippen LogP contribution >= 0.6 is 0 Å². The lowest BCUT2D eigenvalue weighted by atomic mass is 10.1. The zero-order chi connectivity index (χ0) is 9.54. The van der Waals surface area contributed by atoms with Gasteiger partial charge in [0.1, 0.15) is 11.6 Å². The van der Waals surface area contributed by atoms with Gasteiger partial charge in [-0.2, -0.15) is 0 Å². The van der Waals surface area contributed by atoms with Crippen molar-refractivity contribution in [1.29, 1.82) is 0 Å². The number of hydrogen-bond donors (Lipinski definition) is 2. The molecule has 0 unspecified atom stereocenters.